The summed E-state index contributed by atoms with van der Waals surface area (Å²) in [6.07, 6.45) is 3.15. The van der Waals surface area contributed by atoms with Crippen molar-refractivity contribution in [3.63, 3.8) is 0 Å². The number of piperidine rings is 1. The van der Waals surface area contributed by atoms with Crippen LogP contribution in [0.3, 0.4) is 0 Å². The van der Waals surface area contributed by atoms with Gasteiger partial charge in [0.2, 0.25) is 11.6 Å². The summed E-state index contributed by atoms with van der Waals surface area (Å²) in [5, 5.41) is 11.7. The third kappa shape index (κ3) is 4.33. The van der Waals surface area contributed by atoms with E-state index in [1.807, 2.05) is 4.90 Å². The van der Waals surface area contributed by atoms with E-state index in [-0.39, 0.29) is 17.3 Å². The zero-order chi connectivity index (χ0) is 19.4. The molecule has 1 aliphatic rings. The molecule has 0 unspecified atom stereocenters. The summed E-state index contributed by atoms with van der Waals surface area (Å²) in [5.74, 6) is 0.357. The second-order valence-electron chi connectivity index (χ2n) is 6.38. The average molecular weight is 435 g/mol. The fraction of sp³-hybridized carbons (Fsp3) is 0.353. The number of nitrogens with one attached hydrogen (secondary N) is 2. The summed E-state index contributed by atoms with van der Waals surface area (Å²) >= 11 is 3.30. The predicted molar refractivity (Wildman–Crippen MR) is 105 cm³/mol. The maximum atomic E-state index is 12.3. The molecular weight excluding hydrogens is 416 g/mol. The van der Waals surface area contributed by atoms with Gasteiger partial charge in [0, 0.05) is 17.6 Å². The van der Waals surface area contributed by atoms with Crippen LogP contribution in [0.15, 0.2) is 35.1 Å². The summed E-state index contributed by atoms with van der Waals surface area (Å²) in [6, 6.07) is 6.88. The smallest absolute Gasteiger partial charge is 0.351 e. The Balaban J connectivity index is 1.81. The largest absolute Gasteiger partial charge is 0.355 e. The number of halogens is 1. The molecule has 0 atom stereocenters. The third-order valence-electron chi connectivity index (χ3n) is 4.48. The van der Waals surface area contributed by atoms with Crippen molar-refractivity contribution in [2.75, 3.05) is 23.4 Å². The fourth-order valence-corrected chi connectivity index (χ4v) is 3.37. The number of nitro groups is 1. The van der Waals surface area contributed by atoms with Crippen LogP contribution in [0.5, 0.6) is 0 Å². The van der Waals surface area contributed by atoms with Crippen molar-refractivity contribution in [3.05, 3.63) is 50.7 Å². The van der Waals surface area contributed by atoms with Crippen LogP contribution in [0.25, 0.3) is 0 Å². The number of carbonyl (C=O) groups is 1. The van der Waals surface area contributed by atoms with Crippen LogP contribution in [0, 0.1) is 16.0 Å². The monoisotopic (exact) mass is 434 g/mol. The Bertz CT molecular complexity index is 854. The van der Waals surface area contributed by atoms with Crippen LogP contribution in [0.4, 0.5) is 17.3 Å². The van der Waals surface area contributed by atoms with Crippen LogP contribution in [-0.4, -0.2) is 33.9 Å². The second-order valence-corrected chi connectivity index (χ2v) is 7.23. The second kappa shape index (κ2) is 8.30. The first kappa shape index (κ1) is 19.0. The number of hydrogen-bond donors (Lipinski definition) is 2. The molecule has 0 aliphatic carbocycles. The number of hydrogen-bond acceptors (Lipinski definition) is 7. The van der Waals surface area contributed by atoms with E-state index in [4.69, 9.17) is 0 Å². The molecule has 1 saturated heterocycles. The summed E-state index contributed by atoms with van der Waals surface area (Å²) in [7, 11) is 0. The highest BCUT2D eigenvalue weighted by Gasteiger charge is 2.29. The lowest BCUT2D eigenvalue weighted by Crippen LogP contribution is -2.35. The molecule has 0 spiro atoms. The number of nitrogens with zero attached hydrogens (tertiary/aromatic N) is 4. The molecule has 9 nitrogen and oxygen atoms in total. The van der Waals surface area contributed by atoms with Crippen molar-refractivity contribution in [1.29, 1.82) is 0 Å². The lowest BCUT2D eigenvalue weighted by atomic mass is 9.99. The standard InChI is InChI=1S/C17H19BrN6O3/c1-11-6-8-23(9-7-11)16-14(24(26)27)15(19-10-20-16)21-22-17(25)12-4-2-3-5-13(12)18/h2-5,10-11H,6-9H2,1H3,(H,22,25)(H,19,20,21). The maximum Gasteiger partial charge on any atom is 0.355 e. The van der Waals surface area contributed by atoms with Crippen LogP contribution < -0.4 is 15.8 Å². The minimum Gasteiger partial charge on any atom is -0.351 e. The van der Waals surface area contributed by atoms with Gasteiger partial charge in [-0.1, -0.05) is 19.1 Å². The number of rotatable bonds is 5. The Morgan fingerprint density at radius 2 is 2.00 bits per heavy atom. The predicted octanol–water partition coefficient (Wildman–Crippen LogP) is 3.14. The maximum absolute atomic E-state index is 12.3. The van der Waals surface area contributed by atoms with Gasteiger partial charge in [-0.15, -0.1) is 0 Å². The van der Waals surface area contributed by atoms with E-state index in [1.54, 1.807) is 24.3 Å². The summed E-state index contributed by atoms with van der Waals surface area (Å²) < 4.78 is 0.615. The molecule has 27 heavy (non-hydrogen) atoms. The molecule has 3 rings (SSSR count). The SMILES string of the molecule is CC1CCN(c2ncnc(NNC(=O)c3ccccc3Br)c2[N+](=O)[O-])CC1. The molecule has 10 heteroatoms. The third-order valence-corrected chi connectivity index (χ3v) is 5.17. The average Bonchev–Trinajstić information content (AvgIpc) is 2.66. The number of anilines is 2. The fourth-order valence-electron chi connectivity index (χ4n) is 2.91. The van der Waals surface area contributed by atoms with Gasteiger partial charge in [-0.2, -0.15) is 0 Å². The van der Waals surface area contributed by atoms with Crippen molar-refractivity contribution >= 4 is 39.2 Å². The molecule has 2 aromatic rings. The summed E-state index contributed by atoms with van der Waals surface area (Å²) in [5.41, 5.74) is 5.17. The number of amides is 1. The van der Waals surface area contributed by atoms with Crippen molar-refractivity contribution in [2.45, 2.75) is 19.8 Å². The van der Waals surface area contributed by atoms with Gasteiger partial charge < -0.3 is 4.90 Å². The number of benzene rings is 1. The van der Waals surface area contributed by atoms with Crippen molar-refractivity contribution < 1.29 is 9.72 Å². The molecule has 2 N–H and O–H groups in total. The minimum absolute atomic E-state index is 0.0518. The van der Waals surface area contributed by atoms with Gasteiger partial charge in [-0.25, -0.2) is 9.97 Å². The van der Waals surface area contributed by atoms with E-state index >= 15 is 0 Å². The van der Waals surface area contributed by atoms with Gasteiger partial charge >= 0.3 is 5.69 Å². The topological polar surface area (TPSA) is 113 Å². The number of hydrazine groups is 1. The highest BCUT2D eigenvalue weighted by atomic mass is 79.9. The molecule has 1 aromatic carbocycles. The van der Waals surface area contributed by atoms with Crippen LogP contribution in [0.2, 0.25) is 0 Å². The highest BCUT2D eigenvalue weighted by Crippen LogP contribution is 2.33. The van der Waals surface area contributed by atoms with E-state index in [9.17, 15) is 14.9 Å². The zero-order valence-corrected chi connectivity index (χ0v) is 16.3. The molecule has 142 valence electrons. The molecule has 1 aliphatic heterocycles. The van der Waals surface area contributed by atoms with Gasteiger partial charge in [0.1, 0.15) is 6.33 Å². The Morgan fingerprint density at radius 1 is 1.30 bits per heavy atom. The van der Waals surface area contributed by atoms with Gasteiger partial charge in [0.25, 0.3) is 5.91 Å². The van der Waals surface area contributed by atoms with Crippen molar-refractivity contribution in [1.82, 2.24) is 15.4 Å². The normalized spacial score (nSPS) is 14.7. The first-order valence-corrected chi connectivity index (χ1v) is 9.32. The lowest BCUT2D eigenvalue weighted by Gasteiger charge is -2.30. The minimum atomic E-state index is -0.527. The molecule has 0 saturated carbocycles. The van der Waals surface area contributed by atoms with Crippen molar-refractivity contribution in [3.8, 4) is 0 Å². The molecule has 1 aromatic heterocycles. The Morgan fingerprint density at radius 3 is 2.67 bits per heavy atom. The molecule has 0 radical (unpaired) electrons. The first-order chi connectivity index (χ1) is 13.0. The number of aromatic nitrogens is 2. The highest BCUT2D eigenvalue weighted by molar-refractivity contribution is 9.10. The zero-order valence-electron chi connectivity index (χ0n) is 14.7. The van der Waals surface area contributed by atoms with E-state index in [0.717, 1.165) is 12.8 Å². The van der Waals surface area contributed by atoms with E-state index in [0.29, 0.717) is 29.0 Å². The molecule has 1 amide bonds. The van der Waals surface area contributed by atoms with Gasteiger partial charge in [-0.3, -0.25) is 25.8 Å². The molecule has 0 bridgehead atoms. The van der Waals surface area contributed by atoms with E-state index < -0.39 is 10.8 Å². The van der Waals surface area contributed by atoms with Gasteiger partial charge in [0.05, 0.1) is 10.5 Å². The Hall–Kier alpha value is -2.75. The Labute approximate surface area is 164 Å². The van der Waals surface area contributed by atoms with Crippen molar-refractivity contribution in [2.24, 2.45) is 5.92 Å². The van der Waals surface area contributed by atoms with E-state index in [1.165, 1.54) is 6.33 Å². The lowest BCUT2D eigenvalue weighted by molar-refractivity contribution is -0.383. The molecule has 2 heterocycles. The summed E-state index contributed by atoms with van der Waals surface area (Å²) in [6.45, 7) is 3.56. The van der Waals surface area contributed by atoms with Gasteiger partial charge in [-0.05, 0) is 46.8 Å². The molecule has 1 fully saturated rings. The van der Waals surface area contributed by atoms with Gasteiger partial charge in [0.15, 0.2) is 0 Å². The summed E-state index contributed by atoms with van der Waals surface area (Å²) in [4.78, 5) is 33.4. The van der Waals surface area contributed by atoms with Crippen LogP contribution >= 0.6 is 15.9 Å². The van der Waals surface area contributed by atoms with Crippen LogP contribution in [-0.2, 0) is 0 Å². The Kier molecular flexibility index (Phi) is 5.84. The molecular formula is C17H19BrN6O3. The van der Waals surface area contributed by atoms with E-state index in [2.05, 4.69) is 43.7 Å². The quantitative estimate of drug-likeness (QED) is 0.548. The first-order valence-electron chi connectivity index (χ1n) is 8.52. The van der Waals surface area contributed by atoms with Crippen LogP contribution in [0.1, 0.15) is 30.1 Å². The number of carbonyl (C=O) groups excluding carboxylic acids is 1.